The third-order valence-electron chi connectivity index (χ3n) is 6.79. The molecule has 3 heterocycles. The van der Waals surface area contributed by atoms with Gasteiger partial charge in [-0.3, -0.25) is 14.4 Å². The minimum Gasteiger partial charge on any atom is -0.491 e. The molecule has 2 amide bonds. The zero-order chi connectivity index (χ0) is 24.2. The van der Waals surface area contributed by atoms with E-state index in [1.165, 1.54) is 0 Å². The topological polar surface area (TPSA) is 71.9 Å². The van der Waals surface area contributed by atoms with Crippen molar-refractivity contribution in [3.8, 4) is 5.75 Å². The molecule has 0 saturated carbocycles. The van der Waals surface area contributed by atoms with Crippen molar-refractivity contribution in [1.82, 2.24) is 14.4 Å². The fraction of sp³-hybridized carbons (Fsp3) is 0.500. The van der Waals surface area contributed by atoms with Gasteiger partial charge in [-0.2, -0.15) is 0 Å². The van der Waals surface area contributed by atoms with Gasteiger partial charge in [-0.05, 0) is 44.4 Å². The molecular formula is C26H32ClN3O4. The fourth-order valence-corrected chi connectivity index (χ4v) is 4.71. The molecule has 1 fully saturated rings. The lowest BCUT2D eigenvalue weighted by molar-refractivity contribution is 0.0730. The Morgan fingerprint density at radius 1 is 1.00 bits per heavy atom. The monoisotopic (exact) mass is 485 g/mol. The van der Waals surface area contributed by atoms with Gasteiger partial charge in [0.15, 0.2) is 0 Å². The van der Waals surface area contributed by atoms with Gasteiger partial charge in [0.2, 0.25) is 5.43 Å². The van der Waals surface area contributed by atoms with E-state index in [4.69, 9.17) is 16.3 Å². The summed E-state index contributed by atoms with van der Waals surface area (Å²) in [6.07, 6.45) is 8.06. The van der Waals surface area contributed by atoms with Crippen molar-refractivity contribution in [2.45, 2.75) is 58.5 Å². The third-order valence-corrected chi connectivity index (χ3v) is 7.02. The number of carbonyl (C=O) groups excluding carboxylic acids is 2. The molecule has 1 aromatic heterocycles. The molecule has 1 atom stereocenters. The Balaban J connectivity index is 1.71. The van der Waals surface area contributed by atoms with E-state index in [1.807, 2.05) is 18.4 Å². The van der Waals surface area contributed by atoms with Gasteiger partial charge in [-0.1, -0.05) is 31.4 Å². The number of likely N-dealkylation sites (tertiary alicyclic amines) is 1. The van der Waals surface area contributed by atoms with Gasteiger partial charge in [0.05, 0.1) is 6.54 Å². The second-order valence-electron chi connectivity index (χ2n) is 9.15. The molecule has 0 radical (unpaired) electrons. The predicted molar refractivity (Wildman–Crippen MR) is 132 cm³/mol. The normalized spacial score (nSPS) is 17.3. The van der Waals surface area contributed by atoms with Crippen molar-refractivity contribution in [3.63, 3.8) is 0 Å². The maximum atomic E-state index is 13.6. The molecule has 1 saturated heterocycles. The standard InChI is InChI=1S/C26H32ClN3O4/c1-3-18(2)30-16-21(25(32)28-10-6-4-5-7-11-28)24(31)22(17-30)26(33)29-12-13-34-23-9-8-20(27)14-19(23)15-29/h8-9,14,16-18H,3-7,10-13,15H2,1-2H3. The quantitative estimate of drug-likeness (QED) is 0.638. The second kappa shape index (κ2) is 10.6. The summed E-state index contributed by atoms with van der Waals surface area (Å²) in [6.45, 7) is 6.25. The second-order valence-corrected chi connectivity index (χ2v) is 9.59. The summed E-state index contributed by atoms with van der Waals surface area (Å²) in [7, 11) is 0. The highest BCUT2D eigenvalue weighted by molar-refractivity contribution is 6.30. The van der Waals surface area contributed by atoms with E-state index in [0.717, 1.165) is 37.7 Å². The van der Waals surface area contributed by atoms with Crippen LogP contribution in [-0.4, -0.2) is 52.4 Å². The molecule has 0 bridgehead atoms. The number of hydrogen-bond donors (Lipinski definition) is 0. The summed E-state index contributed by atoms with van der Waals surface area (Å²) < 4.78 is 7.62. The molecule has 0 spiro atoms. The smallest absolute Gasteiger partial charge is 0.259 e. The SMILES string of the molecule is CCC(C)n1cc(C(=O)N2CCCCCC2)c(=O)c(C(=O)N2CCOc3ccc(Cl)cc3C2)c1. The molecule has 182 valence electrons. The maximum absolute atomic E-state index is 13.6. The number of hydrogen-bond acceptors (Lipinski definition) is 4. The lowest BCUT2D eigenvalue weighted by Gasteiger charge is -2.24. The van der Waals surface area contributed by atoms with Crippen LogP contribution in [0, 0.1) is 0 Å². The van der Waals surface area contributed by atoms with Crippen molar-refractivity contribution in [2.24, 2.45) is 0 Å². The van der Waals surface area contributed by atoms with E-state index in [2.05, 4.69) is 0 Å². The molecule has 7 nitrogen and oxygen atoms in total. The van der Waals surface area contributed by atoms with Gasteiger partial charge < -0.3 is 19.1 Å². The Kier molecular flexibility index (Phi) is 7.61. The van der Waals surface area contributed by atoms with Gasteiger partial charge in [-0.25, -0.2) is 0 Å². The number of ether oxygens (including phenoxy) is 1. The molecule has 2 aromatic rings. The van der Waals surface area contributed by atoms with Crippen LogP contribution in [0.4, 0.5) is 0 Å². The Hall–Kier alpha value is -2.80. The number of carbonyl (C=O) groups is 2. The molecule has 4 rings (SSSR count). The molecule has 2 aliphatic rings. The number of aromatic nitrogens is 1. The van der Waals surface area contributed by atoms with Crippen LogP contribution in [0.25, 0.3) is 0 Å². The van der Waals surface area contributed by atoms with Crippen molar-refractivity contribution < 1.29 is 14.3 Å². The number of pyridine rings is 1. The number of amides is 2. The largest absolute Gasteiger partial charge is 0.491 e. The highest BCUT2D eigenvalue weighted by Crippen LogP contribution is 2.27. The van der Waals surface area contributed by atoms with Gasteiger partial charge in [0.1, 0.15) is 23.5 Å². The average Bonchev–Trinajstić information content (AvgIpc) is 3.24. The molecule has 2 aliphatic heterocycles. The summed E-state index contributed by atoms with van der Waals surface area (Å²) in [4.78, 5) is 43.9. The first kappa shape index (κ1) is 24.3. The Morgan fingerprint density at radius 2 is 1.65 bits per heavy atom. The highest BCUT2D eigenvalue weighted by Gasteiger charge is 2.28. The molecular weight excluding hydrogens is 454 g/mol. The van der Waals surface area contributed by atoms with Gasteiger partial charge >= 0.3 is 0 Å². The summed E-state index contributed by atoms with van der Waals surface area (Å²) >= 11 is 6.16. The number of nitrogens with zero attached hydrogens (tertiary/aromatic N) is 3. The van der Waals surface area contributed by atoms with Gasteiger partial charge in [0.25, 0.3) is 11.8 Å². The minimum absolute atomic E-state index is 0.0199. The number of halogens is 1. The summed E-state index contributed by atoms with van der Waals surface area (Å²) in [5.74, 6) is 0.000679. The predicted octanol–water partition coefficient (Wildman–Crippen LogP) is 4.52. The molecule has 0 N–H and O–H groups in total. The van der Waals surface area contributed by atoms with Crippen LogP contribution < -0.4 is 10.2 Å². The van der Waals surface area contributed by atoms with Crippen molar-refractivity contribution in [3.05, 3.63) is 62.5 Å². The number of benzene rings is 1. The van der Waals surface area contributed by atoms with Crippen LogP contribution in [0.15, 0.2) is 35.4 Å². The van der Waals surface area contributed by atoms with Crippen LogP contribution in [0.3, 0.4) is 0 Å². The van der Waals surface area contributed by atoms with Crippen LogP contribution in [-0.2, 0) is 6.54 Å². The number of rotatable bonds is 4. The zero-order valence-electron chi connectivity index (χ0n) is 19.9. The van der Waals surface area contributed by atoms with Crippen molar-refractivity contribution in [2.75, 3.05) is 26.2 Å². The van der Waals surface area contributed by atoms with E-state index in [0.29, 0.717) is 37.0 Å². The van der Waals surface area contributed by atoms with Crippen molar-refractivity contribution >= 4 is 23.4 Å². The average molecular weight is 486 g/mol. The first-order valence-corrected chi connectivity index (χ1v) is 12.5. The fourth-order valence-electron chi connectivity index (χ4n) is 4.52. The molecule has 0 aliphatic carbocycles. The third kappa shape index (κ3) is 5.14. The Bertz CT molecular complexity index is 1120. The van der Waals surface area contributed by atoms with E-state index in [-0.39, 0.29) is 29.6 Å². The summed E-state index contributed by atoms with van der Waals surface area (Å²) in [5, 5.41) is 0.556. The van der Waals surface area contributed by atoms with Crippen LogP contribution in [0.2, 0.25) is 5.02 Å². The van der Waals surface area contributed by atoms with Crippen molar-refractivity contribution in [1.29, 1.82) is 0 Å². The van der Waals surface area contributed by atoms with E-state index in [1.54, 1.807) is 40.4 Å². The van der Waals surface area contributed by atoms with E-state index in [9.17, 15) is 14.4 Å². The van der Waals surface area contributed by atoms with E-state index >= 15 is 0 Å². The Labute approximate surface area is 205 Å². The van der Waals surface area contributed by atoms with Gasteiger partial charge in [0, 0.05) is 48.7 Å². The minimum atomic E-state index is -0.504. The molecule has 1 unspecified atom stereocenters. The lowest BCUT2D eigenvalue weighted by Crippen LogP contribution is -2.40. The molecule has 8 heteroatoms. The van der Waals surface area contributed by atoms with Crippen LogP contribution in [0.1, 0.15) is 78.3 Å². The van der Waals surface area contributed by atoms with E-state index < -0.39 is 11.3 Å². The summed E-state index contributed by atoms with van der Waals surface area (Å²) in [5.41, 5.74) is 0.377. The first-order chi connectivity index (χ1) is 16.4. The Morgan fingerprint density at radius 3 is 2.29 bits per heavy atom. The van der Waals surface area contributed by atoms with Gasteiger partial charge in [-0.15, -0.1) is 0 Å². The van der Waals surface area contributed by atoms with Crippen LogP contribution >= 0.6 is 11.6 Å². The van der Waals surface area contributed by atoms with Crippen LogP contribution in [0.5, 0.6) is 5.75 Å². The zero-order valence-corrected chi connectivity index (χ0v) is 20.6. The molecule has 1 aromatic carbocycles. The first-order valence-electron chi connectivity index (χ1n) is 12.1. The highest BCUT2D eigenvalue weighted by atomic mass is 35.5. The lowest BCUT2D eigenvalue weighted by atomic mass is 10.1. The number of fused-ring (bicyclic) bond motifs is 1. The molecule has 34 heavy (non-hydrogen) atoms. The summed E-state index contributed by atoms with van der Waals surface area (Å²) in [6, 6.07) is 5.36. The maximum Gasteiger partial charge on any atom is 0.259 e.